The lowest BCUT2D eigenvalue weighted by Gasteiger charge is -2.05. The van der Waals surface area contributed by atoms with Crippen LogP contribution < -0.4 is 11.2 Å². The van der Waals surface area contributed by atoms with E-state index in [1.807, 2.05) is 24.3 Å². The van der Waals surface area contributed by atoms with Crippen LogP contribution in [0.1, 0.15) is 11.1 Å². The lowest BCUT2D eigenvalue weighted by atomic mass is 10.2. The van der Waals surface area contributed by atoms with Gasteiger partial charge in [0, 0.05) is 10.7 Å². The average molecular weight is 306 g/mol. The molecular weight excluding hydrogens is 298 g/mol. The van der Waals surface area contributed by atoms with Crippen LogP contribution in [0, 0.1) is 11.3 Å². The molecule has 2 rings (SSSR count). The Labute approximate surface area is 110 Å². The Hall–Kier alpha value is -2.13. The van der Waals surface area contributed by atoms with E-state index in [9.17, 15) is 9.59 Å². The van der Waals surface area contributed by atoms with E-state index < -0.39 is 11.2 Å². The van der Waals surface area contributed by atoms with E-state index in [-0.39, 0.29) is 5.56 Å². The van der Waals surface area contributed by atoms with E-state index in [1.54, 1.807) is 6.07 Å². The molecule has 6 heteroatoms. The van der Waals surface area contributed by atoms with Crippen molar-refractivity contribution in [3.05, 3.63) is 66.9 Å². The van der Waals surface area contributed by atoms with E-state index in [1.165, 1.54) is 10.8 Å². The topological polar surface area (TPSA) is 78.7 Å². The third kappa shape index (κ3) is 2.57. The maximum atomic E-state index is 11.6. The number of nitrogens with one attached hydrogen (secondary N) is 1. The minimum absolute atomic E-state index is 0.0771. The molecule has 0 aliphatic heterocycles. The molecule has 0 atom stereocenters. The van der Waals surface area contributed by atoms with Crippen molar-refractivity contribution in [1.82, 2.24) is 9.55 Å². The average Bonchev–Trinajstić information content (AvgIpc) is 2.35. The third-order valence-corrected chi connectivity index (χ3v) is 2.93. The minimum atomic E-state index is -0.658. The highest BCUT2D eigenvalue weighted by Gasteiger charge is 2.04. The largest absolute Gasteiger partial charge is 0.328 e. The molecule has 18 heavy (non-hydrogen) atoms. The van der Waals surface area contributed by atoms with Gasteiger partial charge in [-0.2, -0.15) is 5.26 Å². The number of hydrogen-bond acceptors (Lipinski definition) is 3. The molecule has 5 nitrogen and oxygen atoms in total. The molecule has 0 aliphatic rings. The molecule has 2 aromatic rings. The third-order valence-electron chi connectivity index (χ3n) is 2.40. The van der Waals surface area contributed by atoms with Gasteiger partial charge in [0.2, 0.25) is 0 Å². The Balaban J connectivity index is 2.41. The normalized spacial score (nSPS) is 10.0. The van der Waals surface area contributed by atoms with E-state index in [4.69, 9.17) is 5.26 Å². The smallest absolute Gasteiger partial charge is 0.295 e. The second-order valence-corrected chi connectivity index (χ2v) is 4.58. The highest BCUT2D eigenvalue weighted by molar-refractivity contribution is 9.10. The molecule has 1 aromatic heterocycles. The molecule has 0 fully saturated rings. The molecular formula is C12H8BrN3O2. The first kappa shape index (κ1) is 12.3. The van der Waals surface area contributed by atoms with Crippen LogP contribution >= 0.6 is 15.9 Å². The maximum absolute atomic E-state index is 11.6. The first-order valence-electron chi connectivity index (χ1n) is 5.08. The quantitative estimate of drug-likeness (QED) is 0.906. The summed E-state index contributed by atoms with van der Waals surface area (Å²) in [7, 11) is 0. The van der Waals surface area contributed by atoms with Crippen molar-refractivity contribution in [3.8, 4) is 6.07 Å². The lowest BCUT2D eigenvalue weighted by Crippen LogP contribution is -2.31. The van der Waals surface area contributed by atoms with Gasteiger partial charge in [-0.1, -0.05) is 28.1 Å². The zero-order valence-electron chi connectivity index (χ0n) is 9.18. The van der Waals surface area contributed by atoms with Crippen LogP contribution in [0.5, 0.6) is 0 Å². The van der Waals surface area contributed by atoms with Gasteiger partial charge in [0.1, 0.15) is 11.6 Å². The molecule has 1 aromatic carbocycles. The number of aromatic amines is 1. The Bertz CT molecular complexity index is 723. The second-order valence-electron chi connectivity index (χ2n) is 3.67. The van der Waals surface area contributed by atoms with E-state index >= 15 is 0 Å². The van der Waals surface area contributed by atoms with Gasteiger partial charge < -0.3 is 0 Å². The summed E-state index contributed by atoms with van der Waals surface area (Å²) in [6.07, 6.45) is 1.27. The van der Waals surface area contributed by atoms with Crippen molar-refractivity contribution in [2.45, 2.75) is 6.54 Å². The predicted octanol–water partition coefficient (Wildman–Crippen LogP) is 1.22. The number of halogens is 1. The Morgan fingerprint density at radius 1 is 1.28 bits per heavy atom. The summed E-state index contributed by atoms with van der Waals surface area (Å²) in [5.41, 5.74) is -0.362. The number of H-pyrrole nitrogens is 1. The van der Waals surface area contributed by atoms with Crippen LogP contribution in [0.25, 0.3) is 0 Å². The summed E-state index contributed by atoms with van der Waals surface area (Å²) in [4.78, 5) is 24.9. The molecule has 0 unspecified atom stereocenters. The van der Waals surface area contributed by atoms with Gasteiger partial charge in [-0.3, -0.25) is 14.3 Å². The fraction of sp³-hybridized carbons (Fsp3) is 0.0833. The minimum Gasteiger partial charge on any atom is -0.295 e. The molecule has 0 aliphatic carbocycles. The molecule has 0 saturated carbocycles. The molecule has 0 bridgehead atoms. The first-order chi connectivity index (χ1) is 8.60. The Morgan fingerprint density at radius 3 is 2.56 bits per heavy atom. The number of nitrogens with zero attached hydrogens (tertiary/aromatic N) is 2. The van der Waals surface area contributed by atoms with Gasteiger partial charge in [-0.05, 0) is 17.7 Å². The van der Waals surface area contributed by atoms with E-state index in [2.05, 4.69) is 20.9 Å². The second kappa shape index (κ2) is 5.02. The highest BCUT2D eigenvalue weighted by Crippen LogP contribution is 2.10. The SMILES string of the molecule is N#Cc1cn(Cc2ccc(Br)cc2)c(=O)[nH]c1=O. The summed E-state index contributed by atoms with van der Waals surface area (Å²) >= 11 is 3.32. The Morgan fingerprint density at radius 2 is 1.94 bits per heavy atom. The van der Waals surface area contributed by atoms with Crippen LogP contribution in [0.2, 0.25) is 0 Å². The van der Waals surface area contributed by atoms with Crippen LogP contribution in [0.4, 0.5) is 0 Å². The highest BCUT2D eigenvalue weighted by atomic mass is 79.9. The van der Waals surface area contributed by atoms with Gasteiger partial charge >= 0.3 is 5.69 Å². The van der Waals surface area contributed by atoms with Gasteiger partial charge in [0.15, 0.2) is 0 Å². The summed E-state index contributed by atoms with van der Waals surface area (Å²) in [6, 6.07) is 9.17. The molecule has 0 saturated heterocycles. The number of hydrogen-bond donors (Lipinski definition) is 1. The zero-order valence-corrected chi connectivity index (χ0v) is 10.8. The van der Waals surface area contributed by atoms with Gasteiger partial charge in [0.05, 0.1) is 6.54 Å². The molecule has 0 spiro atoms. The number of aromatic nitrogens is 2. The molecule has 1 N–H and O–H groups in total. The summed E-state index contributed by atoms with van der Waals surface area (Å²) in [5.74, 6) is 0. The van der Waals surface area contributed by atoms with Crippen molar-refractivity contribution in [1.29, 1.82) is 5.26 Å². The van der Waals surface area contributed by atoms with Gasteiger partial charge in [-0.15, -0.1) is 0 Å². The summed E-state index contributed by atoms with van der Waals surface area (Å²) < 4.78 is 2.24. The standard InChI is InChI=1S/C12H8BrN3O2/c13-10-3-1-8(2-4-10)6-16-7-9(5-14)11(17)15-12(16)18/h1-4,7H,6H2,(H,15,17,18). The van der Waals surface area contributed by atoms with E-state index in [0.717, 1.165) is 10.0 Å². The van der Waals surface area contributed by atoms with Crippen molar-refractivity contribution in [2.24, 2.45) is 0 Å². The van der Waals surface area contributed by atoms with Gasteiger partial charge in [0.25, 0.3) is 5.56 Å². The fourth-order valence-electron chi connectivity index (χ4n) is 1.49. The van der Waals surface area contributed by atoms with Crippen LogP contribution in [-0.4, -0.2) is 9.55 Å². The lowest BCUT2D eigenvalue weighted by molar-refractivity contribution is 0.717. The van der Waals surface area contributed by atoms with Crippen LogP contribution in [0.15, 0.2) is 44.5 Å². The van der Waals surface area contributed by atoms with Crippen molar-refractivity contribution in [3.63, 3.8) is 0 Å². The monoisotopic (exact) mass is 305 g/mol. The number of rotatable bonds is 2. The van der Waals surface area contributed by atoms with Crippen molar-refractivity contribution < 1.29 is 0 Å². The maximum Gasteiger partial charge on any atom is 0.328 e. The first-order valence-corrected chi connectivity index (χ1v) is 5.88. The zero-order chi connectivity index (χ0) is 13.1. The molecule has 0 amide bonds. The fourth-order valence-corrected chi connectivity index (χ4v) is 1.76. The predicted molar refractivity (Wildman–Crippen MR) is 69.3 cm³/mol. The summed E-state index contributed by atoms with van der Waals surface area (Å²) in [5, 5.41) is 8.74. The molecule has 90 valence electrons. The molecule has 0 radical (unpaired) electrons. The van der Waals surface area contributed by atoms with Crippen molar-refractivity contribution >= 4 is 15.9 Å². The summed E-state index contributed by atoms with van der Waals surface area (Å²) in [6.45, 7) is 0.303. The van der Waals surface area contributed by atoms with Crippen molar-refractivity contribution in [2.75, 3.05) is 0 Å². The Kier molecular flexibility index (Phi) is 3.44. The van der Waals surface area contributed by atoms with Crippen LogP contribution in [0.3, 0.4) is 0 Å². The van der Waals surface area contributed by atoms with E-state index in [0.29, 0.717) is 6.54 Å². The van der Waals surface area contributed by atoms with Gasteiger partial charge in [-0.25, -0.2) is 4.79 Å². The number of benzene rings is 1. The number of nitriles is 1. The van der Waals surface area contributed by atoms with Crippen LogP contribution in [-0.2, 0) is 6.54 Å². The molecule has 1 heterocycles.